The Kier molecular flexibility index (Phi) is 13.3. The summed E-state index contributed by atoms with van der Waals surface area (Å²) in [7, 11) is 0. The first-order valence-corrected chi connectivity index (χ1v) is 41.3. The van der Waals surface area contributed by atoms with Gasteiger partial charge in [-0.1, -0.05) is 317 Å². The largest absolute Gasteiger partial charge is 0.456 e. The normalized spacial score (nSPS) is 14.6. The van der Waals surface area contributed by atoms with Crippen LogP contribution < -0.4 is 4.90 Å². The van der Waals surface area contributed by atoms with Crippen LogP contribution in [0.4, 0.5) is 17.1 Å². The Bertz CT molecular complexity index is 7750. The summed E-state index contributed by atoms with van der Waals surface area (Å²) in [6.45, 7) is 4.91. The van der Waals surface area contributed by atoms with Gasteiger partial charge in [0.25, 0.3) is 0 Å². The van der Waals surface area contributed by atoms with Crippen molar-refractivity contribution in [2.45, 2.75) is 35.5 Å². The highest BCUT2D eigenvalue weighted by atomic mass is 16.3. The first-order valence-electron chi connectivity index (χ1n) is 41.3. The number of para-hydroxylation sites is 4. The van der Waals surface area contributed by atoms with Crippen molar-refractivity contribution in [3.63, 3.8) is 0 Å². The van der Waals surface area contributed by atoms with E-state index in [9.17, 15) is 0 Å². The molecule has 4 nitrogen and oxygen atoms in total. The maximum absolute atomic E-state index is 7.36. The highest BCUT2D eigenvalue weighted by Crippen LogP contribution is 2.68. The Morgan fingerprint density at radius 1 is 0.229 bits per heavy atom. The summed E-state index contributed by atoms with van der Waals surface area (Å²) in [5.41, 5.74) is 39.5. The standard InChI is InChI=1S/C114H72N2O2/c1-111(2)94-63-74(57-60-83(94)106-99(111)67-88(110-109(106)86-46-23-29-54-103(86)118-110)82-47-30-52-101-105(82)84-44-21-27-51-100(84)116(101)73-39-16-7-17-40-73)115(76-55-58-80-79-43-20-26-50-92(79)114(96(80)65-76)90-48-24-18-41-77(90)78-42-19-25-49-91(78)114)75-56-59-81-87-66-98-89(68-97(87)113(95(81)64-75,71-35-12-5-13-36-71)72-37-14-6-15-38-72)107-93(61-62-104-108(107)85-45-22-28-53-102(85)117-104)112(98,69-31-8-3-9-32-69)70-33-10-4-11-34-70/h3-68H,1-2H3. The fourth-order valence-electron chi connectivity index (χ4n) is 23.1. The number of hydrogen-bond donors (Lipinski definition) is 0. The first-order chi connectivity index (χ1) is 58.3. The van der Waals surface area contributed by atoms with Crippen molar-refractivity contribution in [3.05, 3.63) is 478 Å². The van der Waals surface area contributed by atoms with Crippen LogP contribution >= 0.6 is 0 Å². The van der Waals surface area contributed by atoms with E-state index in [2.05, 4.69) is 424 Å². The predicted molar refractivity (Wildman–Crippen MR) is 484 cm³/mol. The molecule has 3 aromatic heterocycles. The summed E-state index contributed by atoms with van der Waals surface area (Å²) in [6.07, 6.45) is 0. The molecule has 26 rings (SSSR count). The second-order valence-corrected chi connectivity index (χ2v) is 33.4. The van der Waals surface area contributed by atoms with E-state index < -0.39 is 21.7 Å². The Morgan fingerprint density at radius 3 is 1.23 bits per heavy atom. The third-order valence-electron chi connectivity index (χ3n) is 27.7. The van der Waals surface area contributed by atoms with Crippen molar-refractivity contribution in [2.24, 2.45) is 0 Å². The van der Waals surface area contributed by atoms with Crippen molar-refractivity contribution in [1.29, 1.82) is 0 Å². The molecule has 0 bridgehead atoms. The molecule has 0 saturated carbocycles. The van der Waals surface area contributed by atoms with Crippen molar-refractivity contribution in [1.82, 2.24) is 4.57 Å². The lowest BCUT2D eigenvalue weighted by Gasteiger charge is -2.36. The second kappa shape index (κ2) is 23.9. The van der Waals surface area contributed by atoms with E-state index in [1.54, 1.807) is 0 Å². The van der Waals surface area contributed by atoms with Crippen LogP contribution in [-0.4, -0.2) is 4.57 Å². The molecular weight excluding hydrogens is 1430 g/mol. The third-order valence-corrected chi connectivity index (χ3v) is 27.7. The minimum absolute atomic E-state index is 0.516. The van der Waals surface area contributed by atoms with Gasteiger partial charge in [0.2, 0.25) is 0 Å². The zero-order chi connectivity index (χ0) is 77.5. The lowest BCUT2D eigenvalue weighted by Crippen LogP contribution is -2.30. The summed E-state index contributed by atoms with van der Waals surface area (Å²) in [5.74, 6) is 0. The molecule has 21 aromatic rings. The quantitative estimate of drug-likeness (QED) is 0.144. The van der Waals surface area contributed by atoms with Crippen LogP contribution in [0.2, 0.25) is 0 Å². The molecular formula is C114H72N2O2. The van der Waals surface area contributed by atoms with Crippen LogP contribution in [0.15, 0.2) is 409 Å². The van der Waals surface area contributed by atoms with Crippen LogP contribution in [-0.2, 0) is 21.7 Å². The first kappa shape index (κ1) is 65.5. The maximum atomic E-state index is 7.36. The number of nitrogens with zero attached hydrogens (tertiary/aromatic N) is 2. The third kappa shape index (κ3) is 8.32. The lowest BCUT2D eigenvalue weighted by atomic mass is 9.66. The molecule has 550 valence electrons. The number of anilines is 3. The number of furan rings is 2. The molecule has 5 aliphatic rings. The molecule has 4 heteroatoms. The number of benzene rings is 18. The van der Waals surface area contributed by atoms with Crippen LogP contribution in [0.25, 0.3) is 138 Å². The van der Waals surface area contributed by atoms with Gasteiger partial charge < -0.3 is 18.3 Å². The van der Waals surface area contributed by atoms with Crippen LogP contribution in [0.1, 0.15) is 91.7 Å². The van der Waals surface area contributed by atoms with Gasteiger partial charge in [0, 0.05) is 66.0 Å². The van der Waals surface area contributed by atoms with Gasteiger partial charge in [-0.05, 0) is 236 Å². The smallest absolute Gasteiger partial charge is 0.143 e. The van der Waals surface area contributed by atoms with Crippen molar-refractivity contribution in [3.8, 4) is 72.4 Å². The Hall–Kier alpha value is -14.8. The van der Waals surface area contributed by atoms with E-state index in [0.717, 1.165) is 88.8 Å². The fraction of sp³-hybridized carbons (Fsp3) is 0.0526. The molecule has 0 unspecified atom stereocenters. The second-order valence-electron chi connectivity index (χ2n) is 33.4. The summed E-state index contributed by atoms with van der Waals surface area (Å²) in [6, 6.07) is 151. The number of fused-ring (bicyclic) bond motifs is 30. The van der Waals surface area contributed by atoms with Gasteiger partial charge in [-0.25, -0.2) is 0 Å². The molecule has 18 aromatic carbocycles. The number of hydrogen-bond acceptors (Lipinski definition) is 3. The van der Waals surface area contributed by atoms with E-state index in [4.69, 9.17) is 8.83 Å². The minimum atomic E-state index is -0.846. The average molecular weight is 1500 g/mol. The molecule has 3 heterocycles. The topological polar surface area (TPSA) is 34.5 Å². The van der Waals surface area contributed by atoms with Crippen molar-refractivity contribution >= 4 is 82.7 Å². The molecule has 5 aliphatic carbocycles. The van der Waals surface area contributed by atoms with E-state index in [0.29, 0.717) is 0 Å². The molecule has 0 atom stereocenters. The van der Waals surface area contributed by atoms with E-state index in [-0.39, 0.29) is 0 Å². The van der Waals surface area contributed by atoms with Gasteiger partial charge in [0.15, 0.2) is 0 Å². The molecule has 118 heavy (non-hydrogen) atoms. The van der Waals surface area contributed by atoms with Crippen LogP contribution in [0, 0.1) is 0 Å². The van der Waals surface area contributed by atoms with E-state index in [1.165, 1.54) is 144 Å². The summed E-state index contributed by atoms with van der Waals surface area (Å²) >= 11 is 0. The summed E-state index contributed by atoms with van der Waals surface area (Å²) < 4.78 is 16.7. The maximum Gasteiger partial charge on any atom is 0.143 e. The lowest BCUT2D eigenvalue weighted by molar-refractivity contribution is 0.657. The SMILES string of the molecule is CC1(C)c2cc(N(c3ccc4c(c3)C(c3ccccc3)(c3ccccc3)c3cc5c(cc3-4)C(c3ccccc3)(c3ccccc3)c3ccc4oc6ccccc6c4c3-5)c3ccc4c(c3)C3(c5ccccc5-c5ccccc53)c3ccccc3-4)ccc2-c2c1cc(-c1cccc3c1c1ccccc1n3-c1ccccc1)c1oc3ccccc3c21. The molecule has 0 N–H and O–H groups in total. The molecule has 0 amide bonds. The zero-order valence-electron chi connectivity index (χ0n) is 64.8. The van der Waals surface area contributed by atoms with Gasteiger partial charge in [-0.2, -0.15) is 0 Å². The fourth-order valence-corrected chi connectivity index (χ4v) is 23.1. The van der Waals surface area contributed by atoms with Gasteiger partial charge in [-0.15, -0.1) is 0 Å². The van der Waals surface area contributed by atoms with Gasteiger partial charge in [0.1, 0.15) is 22.3 Å². The molecule has 0 radical (unpaired) electrons. The summed E-state index contributed by atoms with van der Waals surface area (Å²) in [5, 5.41) is 6.89. The Morgan fingerprint density at radius 2 is 0.636 bits per heavy atom. The summed E-state index contributed by atoms with van der Waals surface area (Å²) in [4.78, 5) is 2.61. The van der Waals surface area contributed by atoms with Gasteiger partial charge in [-0.3, -0.25) is 0 Å². The highest BCUT2D eigenvalue weighted by molar-refractivity contribution is 6.23. The number of aromatic nitrogens is 1. The Balaban J connectivity index is 0.743. The highest BCUT2D eigenvalue weighted by Gasteiger charge is 2.55. The van der Waals surface area contributed by atoms with Gasteiger partial charge >= 0.3 is 0 Å². The monoisotopic (exact) mass is 1500 g/mol. The van der Waals surface area contributed by atoms with Gasteiger partial charge in [0.05, 0.1) is 27.3 Å². The molecule has 0 saturated heterocycles. The molecule has 0 fully saturated rings. The molecule has 0 aliphatic heterocycles. The predicted octanol–water partition coefficient (Wildman–Crippen LogP) is 29.1. The van der Waals surface area contributed by atoms with Crippen LogP contribution in [0.3, 0.4) is 0 Å². The molecule has 1 spiro atoms. The minimum Gasteiger partial charge on any atom is -0.456 e. The Labute approximate surface area is 682 Å². The van der Waals surface area contributed by atoms with E-state index >= 15 is 0 Å². The average Bonchev–Trinajstić information content (AvgIpc) is 1.48. The van der Waals surface area contributed by atoms with Crippen molar-refractivity contribution < 1.29 is 8.83 Å². The number of rotatable bonds is 9. The van der Waals surface area contributed by atoms with Crippen LogP contribution in [0.5, 0.6) is 0 Å². The van der Waals surface area contributed by atoms with E-state index in [1.807, 2.05) is 0 Å². The zero-order valence-corrected chi connectivity index (χ0v) is 64.8. The van der Waals surface area contributed by atoms with Crippen molar-refractivity contribution in [2.75, 3.05) is 4.90 Å².